The van der Waals surface area contributed by atoms with Crippen LogP contribution in [0.2, 0.25) is 0 Å². The highest BCUT2D eigenvalue weighted by Crippen LogP contribution is 2.10. The zero-order valence-electron chi connectivity index (χ0n) is 10.9. The topological polar surface area (TPSA) is 87.1 Å². The Labute approximate surface area is 110 Å². The molecule has 3 heterocycles. The van der Waals surface area contributed by atoms with Gasteiger partial charge in [-0.05, 0) is 26.3 Å². The van der Waals surface area contributed by atoms with E-state index >= 15 is 0 Å². The molecule has 0 spiro atoms. The molecule has 1 aliphatic rings. The van der Waals surface area contributed by atoms with E-state index in [2.05, 4.69) is 25.8 Å². The van der Waals surface area contributed by atoms with Crippen molar-refractivity contribution in [3.8, 4) is 0 Å². The second-order valence-electron chi connectivity index (χ2n) is 4.94. The number of aryl methyl sites for hydroxylation is 1. The molecule has 0 bridgehead atoms. The van der Waals surface area contributed by atoms with Crippen molar-refractivity contribution in [1.82, 2.24) is 24.9 Å². The van der Waals surface area contributed by atoms with Crippen LogP contribution in [0.5, 0.6) is 0 Å². The Morgan fingerprint density at radius 2 is 2.42 bits per heavy atom. The van der Waals surface area contributed by atoms with E-state index in [-0.39, 0.29) is 5.69 Å². The summed E-state index contributed by atoms with van der Waals surface area (Å²) in [4.78, 5) is 15.9. The average molecular weight is 262 g/mol. The fraction of sp³-hybridized carbons (Fsp3) is 0.583. The first-order valence-electron chi connectivity index (χ1n) is 6.66. The van der Waals surface area contributed by atoms with Gasteiger partial charge in [0.1, 0.15) is 11.6 Å². The second kappa shape index (κ2) is 5.00. The Kier molecular flexibility index (Phi) is 3.20. The van der Waals surface area contributed by atoms with Crippen LogP contribution >= 0.6 is 0 Å². The second-order valence-corrected chi connectivity index (χ2v) is 4.94. The van der Waals surface area contributed by atoms with Gasteiger partial charge in [-0.1, -0.05) is 6.42 Å². The molecular weight excluding hydrogens is 244 g/mol. The molecule has 0 aliphatic carbocycles. The van der Waals surface area contributed by atoms with E-state index in [1.165, 1.54) is 23.7 Å². The summed E-state index contributed by atoms with van der Waals surface area (Å²) >= 11 is 0. The number of rotatable bonds is 3. The first-order chi connectivity index (χ1) is 9.24. The van der Waals surface area contributed by atoms with Gasteiger partial charge in [-0.25, -0.2) is 19.3 Å². The number of aromatic amines is 1. The zero-order chi connectivity index (χ0) is 13.2. The summed E-state index contributed by atoms with van der Waals surface area (Å²) in [5.41, 5.74) is 0.345. The monoisotopic (exact) mass is 262 g/mol. The minimum Gasteiger partial charge on any atom is -0.368 e. The van der Waals surface area contributed by atoms with E-state index in [1.54, 1.807) is 13.0 Å². The standard InChI is InChI=1S/C12H18N6O/c1-8-15-10(6-11-16-17-12(19)18(8)11)14-7-9-4-2-3-5-13-9/h6,9,13-14H,2-5,7H2,1H3,(H,17,19). The molecule has 3 rings (SSSR count). The summed E-state index contributed by atoms with van der Waals surface area (Å²) in [6.45, 7) is 3.73. The van der Waals surface area contributed by atoms with Crippen molar-refractivity contribution in [1.29, 1.82) is 0 Å². The molecule has 102 valence electrons. The Morgan fingerprint density at radius 1 is 1.53 bits per heavy atom. The number of aromatic nitrogens is 4. The molecule has 2 aromatic rings. The minimum atomic E-state index is -0.250. The van der Waals surface area contributed by atoms with Gasteiger partial charge in [0.25, 0.3) is 0 Å². The van der Waals surface area contributed by atoms with Gasteiger partial charge in [0.15, 0.2) is 5.65 Å². The van der Waals surface area contributed by atoms with E-state index in [0.29, 0.717) is 17.5 Å². The van der Waals surface area contributed by atoms with Gasteiger partial charge in [0, 0.05) is 18.7 Å². The predicted molar refractivity (Wildman–Crippen MR) is 72.5 cm³/mol. The van der Waals surface area contributed by atoms with E-state index in [9.17, 15) is 4.79 Å². The van der Waals surface area contributed by atoms with Gasteiger partial charge >= 0.3 is 5.69 Å². The molecule has 0 radical (unpaired) electrons. The van der Waals surface area contributed by atoms with Crippen LogP contribution in [0.4, 0.5) is 5.82 Å². The minimum absolute atomic E-state index is 0.250. The molecule has 7 heteroatoms. The number of piperidine rings is 1. The van der Waals surface area contributed by atoms with Crippen molar-refractivity contribution >= 4 is 11.5 Å². The van der Waals surface area contributed by atoms with Crippen molar-refractivity contribution in [2.75, 3.05) is 18.4 Å². The molecule has 0 amide bonds. The molecule has 1 aliphatic heterocycles. The lowest BCUT2D eigenvalue weighted by molar-refractivity contribution is 0.414. The third kappa shape index (κ3) is 2.46. The van der Waals surface area contributed by atoms with Crippen LogP contribution < -0.4 is 16.3 Å². The molecule has 3 N–H and O–H groups in total. The highest BCUT2D eigenvalue weighted by atomic mass is 16.1. The first kappa shape index (κ1) is 12.2. The van der Waals surface area contributed by atoms with Crippen molar-refractivity contribution < 1.29 is 0 Å². The number of hydrogen-bond acceptors (Lipinski definition) is 5. The number of nitrogens with one attached hydrogen (secondary N) is 3. The molecule has 1 unspecified atom stereocenters. The summed E-state index contributed by atoms with van der Waals surface area (Å²) in [7, 11) is 0. The molecule has 1 atom stereocenters. The maximum atomic E-state index is 11.5. The number of H-pyrrole nitrogens is 1. The summed E-state index contributed by atoms with van der Waals surface area (Å²) in [6, 6.07) is 2.28. The predicted octanol–water partition coefficient (Wildman–Crippen LogP) is 0.280. The summed E-state index contributed by atoms with van der Waals surface area (Å²) in [5, 5.41) is 13.2. The van der Waals surface area contributed by atoms with Crippen LogP contribution in [0.3, 0.4) is 0 Å². The van der Waals surface area contributed by atoms with Gasteiger partial charge < -0.3 is 10.6 Å². The zero-order valence-corrected chi connectivity index (χ0v) is 10.9. The summed E-state index contributed by atoms with van der Waals surface area (Å²) < 4.78 is 1.46. The number of nitrogens with zero attached hydrogens (tertiary/aromatic N) is 3. The molecule has 19 heavy (non-hydrogen) atoms. The molecule has 0 aromatic carbocycles. The number of fused-ring (bicyclic) bond motifs is 1. The third-order valence-corrected chi connectivity index (χ3v) is 3.51. The van der Waals surface area contributed by atoms with Crippen LogP contribution in [-0.4, -0.2) is 38.7 Å². The van der Waals surface area contributed by atoms with E-state index in [0.717, 1.165) is 18.9 Å². The van der Waals surface area contributed by atoms with Gasteiger partial charge in [0.2, 0.25) is 0 Å². The van der Waals surface area contributed by atoms with Gasteiger partial charge in [-0.3, -0.25) is 0 Å². The summed E-state index contributed by atoms with van der Waals surface area (Å²) in [5.74, 6) is 1.40. The third-order valence-electron chi connectivity index (χ3n) is 3.51. The van der Waals surface area contributed by atoms with Crippen molar-refractivity contribution in [2.24, 2.45) is 0 Å². The van der Waals surface area contributed by atoms with E-state index < -0.39 is 0 Å². The molecule has 1 saturated heterocycles. The highest BCUT2D eigenvalue weighted by Gasteiger charge is 2.13. The Hall–Kier alpha value is -1.89. The maximum absolute atomic E-state index is 11.5. The molecule has 7 nitrogen and oxygen atoms in total. The van der Waals surface area contributed by atoms with Crippen molar-refractivity contribution in [3.63, 3.8) is 0 Å². The van der Waals surface area contributed by atoms with Gasteiger partial charge in [-0.15, -0.1) is 0 Å². The maximum Gasteiger partial charge on any atom is 0.349 e. The fourth-order valence-electron chi connectivity index (χ4n) is 2.51. The van der Waals surface area contributed by atoms with Crippen LogP contribution in [-0.2, 0) is 0 Å². The SMILES string of the molecule is Cc1nc(NCC2CCCCN2)cc2n[nH]c(=O)n12. The largest absolute Gasteiger partial charge is 0.368 e. The van der Waals surface area contributed by atoms with Crippen LogP contribution in [0, 0.1) is 6.92 Å². The Balaban J connectivity index is 1.75. The van der Waals surface area contributed by atoms with Crippen molar-refractivity contribution in [2.45, 2.75) is 32.2 Å². The lowest BCUT2D eigenvalue weighted by Crippen LogP contribution is -2.39. The number of hydrogen-bond donors (Lipinski definition) is 3. The average Bonchev–Trinajstić information content (AvgIpc) is 2.80. The summed E-state index contributed by atoms with van der Waals surface area (Å²) in [6.07, 6.45) is 3.73. The van der Waals surface area contributed by atoms with Crippen LogP contribution in [0.25, 0.3) is 5.65 Å². The fourth-order valence-corrected chi connectivity index (χ4v) is 2.51. The molecule has 1 fully saturated rings. The highest BCUT2D eigenvalue weighted by molar-refractivity contribution is 5.49. The van der Waals surface area contributed by atoms with Crippen LogP contribution in [0.1, 0.15) is 25.1 Å². The Bertz CT molecular complexity index is 625. The van der Waals surface area contributed by atoms with Gasteiger partial charge in [-0.2, -0.15) is 5.10 Å². The lowest BCUT2D eigenvalue weighted by atomic mass is 10.1. The van der Waals surface area contributed by atoms with Crippen LogP contribution in [0.15, 0.2) is 10.9 Å². The smallest absolute Gasteiger partial charge is 0.349 e. The van der Waals surface area contributed by atoms with E-state index in [4.69, 9.17) is 0 Å². The number of anilines is 1. The first-order valence-corrected chi connectivity index (χ1v) is 6.66. The molecule has 2 aromatic heterocycles. The van der Waals surface area contributed by atoms with E-state index in [1.807, 2.05) is 0 Å². The Morgan fingerprint density at radius 3 is 3.21 bits per heavy atom. The molecular formula is C12H18N6O. The van der Waals surface area contributed by atoms with Gasteiger partial charge in [0.05, 0.1) is 0 Å². The molecule has 0 saturated carbocycles. The normalized spacial score (nSPS) is 19.7. The quantitative estimate of drug-likeness (QED) is 0.739. The lowest BCUT2D eigenvalue weighted by Gasteiger charge is -2.23. The van der Waals surface area contributed by atoms with Crippen molar-refractivity contribution in [3.05, 3.63) is 22.4 Å².